The normalized spacial score (nSPS) is 9.59. The Labute approximate surface area is 208 Å². The molecule has 4 aromatic heterocycles. The summed E-state index contributed by atoms with van der Waals surface area (Å²) in [7, 11) is 0. The third-order valence-electron chi connectivity index (χ3n) is 3.54. The maximum atomic E-state index is 11.4. The summed E-state index contributed by atoms with van der Waals surface area (Å²) >= 11 is 17.2. The van der Waals surface area contributed by atoms with Crippen LogP contribution >= 0.6 is 34.8 Å². The molecule has 0 aromatic carbocycles. The quantitative estimate of drug-likeness (QED) is 0.106. The van der Waals surface area contributed by atoms with E-state index in [9.17, 15) is 9.59 Å². The lowest BCUT2D eigenvalue weighted by Gasteiger charge is -2.03. The Morgan fingerprint density at radius 1 is 0.912 bits per heavy atom. The largest absolute Gasteiger partial charge is 0.412 e. The van der Waals surface area contributed by atoms with Gasteiger partial charge in [0.25, 0.3) is 11.1 Å². The number of H-pyrrole nitrogens is 2. The van der Waals surface area contributed by atoms with E-state index in [1.807, 2.05) is 0 Å². The molecule has 12 N–H and O–H groups in total. The third-order valence-corrected chi connectivity index (χ3v) is 4.20. The SMILES string of the molecule is CC(C)O.NN.NNc1nc(Cl)cc2cc[nH]c(=O)c12.O.O=c1[nH]ccc2cc(Cl)nc(Cl)c12. The molecule has 0 aliphatic heterocycles. The molecule has 0 aliphatic rings. The topological polar surface area (TPSA) is 233 Å². The summed E-state index contributed by atoms with van der Waals surface area (Å²) in [6, 6.07) is 6.65. The number of nitrogens with two attached hydrogens (primary N) is 3. The summed E-state index contributed by atoms with van der Waals surface area (Å²) < 4.78 is 0. The molecule has 15 heteroatoms. The van der Waals surface area contributed by atoms with E-state index in [1.54, 1.807) is 44.3 Å². The van der Waals surface area contributed by atoms with Crippen LogP contribution < -0.4 is 34.1 Å². The lowest BCUT2D eigenvalue weighted by atomic mass is 10.2. The molecule has 0 amide bonds. The predicted octanol–water partition coefficient (Wildman–Crippen LogP) is 1.47. The first kappa shape index (κ1) is 31.2. The van der Waals surface area contributed by atoms with E-state index < -0.39 is 0 Å². The lowest BCUT2D eigenvalue weighted by molar-refractivity contribution is 0.216. The van der Waals surface area contributed by atoms with Crippen molar-refractivity contribution < 1.29 is 10.6 Å². The highest BCUT2D eigenvalue weighted by molar-refractivity contribution is 6.36. The van der Waals surface area contributed by atoms with Crippen molar-refractivity contribution in [1.82, 2.24) is 19.9 Å². The standard InChI is InChI=1S/C8H4Cl2N2O.C8H7ClN4O.C3H8O.H4N2.H2O/c9-5-3-4-1-2-11-8(13)6(4)7(10)12-5;9-5-3-4-1-2-11-8(14)6(4)7(12-5)13-10;1-3(2)4;1-2;/h1-3H,(H,11,13);1-3H,10H2,(H,11,14)(H,12,13);3-4H,1-2H3;1-2H2;1H2. The fourth-order valence-corrected chi connectivity index (χ4v) is 3.16. The van der Waals surface area contributed by atoms with Crippen molar-refractivity contribution in [3.05, 3.63) is 72.8 Å². The van der Waals surface area contributed by atoms with Crippen molar-refractivity contribution in [2.45, 2.75) is 20.0 Å². The van der Waals surface area contributed by atoms with E-state index in [2.05, 4.69) is 37.0 Å². The number of aromatic nitrogens is 4. The number of hydrazine groups is 2. The van der Waals surface area contributed by atoms with Crippen molar-refractivity contribution in [3.63, 3.8) is 0 Å². The molecule has 0 saturated heterocycles. The number of nitrogens with zero attached hydrogens (tertiary/aromatic N) is 2. The molecule has 0 fully saturated rings. The molecule has 0 spiro atoms. The second kappa shape index (κ2) is 15.2. The molecule has 186 valence electrons. The average Bonchev–Trinajstić information content (AvgIpc) is 2.74. The first-order valence-electron chi connectivity index (χ1n) is 9.13. The first-order valence-corrected chi connectivity index (χ1v) is 10.3. The molecule has 4 rings (SSSR count). The minimum Gasteiger partial charge on any atom is -0.412 e. The van der Waals surface area contributed by atoms with E-state index in [0.29, 0.717) is 21.5 Å². The van der Waals surface area contributed by atoms with Crippen LogP contribution in [-0.2, 0) is 0 Å². The van der Waals surface area contributed by atoms with Crippen LogP contribution in [0.2, 0.25) is 15.5 Å². The van der Waals surface area contributed by atoms with Crippen molar-refractivity contribution in [3.8, 4) is 0 Å². The van der Waals surface area contributed by atoms with Crippen LogP contribution in [0.25, 0.3) is 21.5 Å². The van der Waals surface area contributed by atoms with Gasteiger partial charge in [0.2, 0.25) is 0 Å². The van der Waals surface area contributed by atoms with Gasteiger partial charge < -0.3 is 26.0 Å². The number of fused-ring (bicyclic) bond motifs is 2. The summed E-state index contributed by atoms with van der Waals surface area (Å²) in [6.45, 7) is 3.44. The Hall–Kier alpha value is -2.81. The molecule has 0 unspecified atom stereocenters. The van der Waals surface area contributed by atoms with Crippen LogP contribution in [0.15, 0.2) is 46.2 Å². The molecule has 34 heavy (non-hydrogen) atoms. The number of nitrogens with one attached hydrogen (secondary N) is 3. The van der Waals surface area contributed by atoms with Gasteiger partial charge in [0, 0.05) is 18.5 Å². The molecule has 0 saturated carbocycles. The maximum absolute atomic E-state index is 11.4. The smallest absolute Gasteiger partial charge is 0.259 e. The second-order valence-electron chi connectivity index (χ2n) is 6.31. The first-order chi connectivity index (χ1) is 15.6. The second-order valence-corrected chi connectivity index (χ2v) is 7.44. The van der Waals surface area contributed by atoms with Gasteiger partial charge in [0.15, 0.2) is 5.82 Å². The van der Waals surface area contributed by atoms with E-state index in [1.165, 1.54) is 6.20 Å². The summed E-state index contributed by atoms with van der Waals surface area (Å²) in [5.74, 6) is 13.5. The molecule has 0 bridgehead atoms. The van der Waals surface area contributed by atoms with E-state index in [0.717, 1.165) is 0 Å². The average molecular weight is 536 g/mol. The summed E-state index contributed by atoms with van der Waals surface area (Å²) in [6.07, 6.45) is 2.92. The molecular formula is C19H25Cl3N8O4. The molecule has 0 aliphatic carbocycles. The van der Waals surface area contributed by atoms with Gasteiger partial charge in [-0.1, -0.05) is 34.8 Å². The number of rotatable bonds is 1. The van der Waals surface area contributed by atoms with Gasteiger partial charge in [-0.3, -0.25) is 21.3 Å². The van der Waals surface area contributed by atoms with Gasteiger partial charge in [-0.2, -0.15) is 0 Å². The van der Waals surface area contributed by atoms with Gasteiger partial charge in [0.1, 0.15) is 15.5 Å². The van der Waals surface area contributed by atoms with E-state index in [4.69, 9.17) is 45.8 Å². The van der Waals surface area contributed by atoms with Crippen LogP contribution in [0.4, 0.5) is 5.82 Å². The predicted molar refractivity (Wildman–Crippen MR) is 137 cm³/mol. The maximum Gasteiger partial charge on any atom is 0.259 e. The number of aromatic amines is 2. The fourth-order valence-electron chi connectivity index (χ4n) is 2.42. The monoisotopic (exact) mass is 534 g/mol. The Kier molecular flexibility index (Phi) is 13.9. The molecule has 0 radical (unpaired) electrons. The van der Waals surface area contributed by atoms with Gasteiger partial charge in [-0.05, 0) is 48.9 Å². The molecular weight excluding hydrogens is 511 g/mol. The molecule has 4 aromatic rings. The number of halogens is 3. The lowest BCUT2D eigenvalue weighted by Crippen LogP contribution is -2.14. The number of anilines is 1. The van der Waals surface area contributed by atoms with Crippen molar-refractivity contribution in [2.24, 2.45) is 17.5 Å². The fraction of sp³-hybridized carbons (Fsp3) is 0.158. The van der Waals surface area contributed by atoms with Crippen molar-refractivity contribution in [2.75, 3.05) is 5.43 Å². The van der Waals surface area contributed by atoms with Crippen LogP contribution in [0.3, 0.4) is 0 Å². The summed E-state index contributed by atoms with van der Waals surface area (Å²) in [5, 5.41) is 10.9. The molecule has 4 heterocycles. The van der Waals surface area contributed by atoms with Crippen molar-refractivity contribution >= 4 is 62.2 Å². The minimum atomic E-state index is -0.258. The number of pyridine rings is 4. The van der Waals surface area contributed by atoms with Crippen LogP contribution in [0, 0.1) is 0 Å². The Bertz CT molecular complexity index is 1310. The zero-order valence-electron chi connectivity index (χ0n) is 18.1. The number of hydrogen-bond donors (Lipinski definition) is 7. The highest BCUT2D eigenvalue weighted by Gasteiger charge is 2.07. The van der Waals surface area contributed by atoms with Crippen LogP contribution in [0.5, 0.6) is 0 Å². The van der Waals surface area contributed by atoms with Crippen LogP contribution in [0.1, 0.15) is 13.8 Å². The van der Waals surface area contributed by atoms with Gasteiger partial charge in [-0.25, -0.2) is 15.8 Å². The number of aliphatic hydroxyl groups is 1. The Morgan fingerprint density at radius 3 is 1.79 bits per heavy atom. The Morgan fingerprint density at radius 2 is 1.32 bits per heavy atom. The summed E-state index contributed by atoms with van der Waals surface area (Å²) in [4.78, 5) is 35.4. The zero-order valence-corrected chi connectivity index (χ0v) is 20.3. The van der Waals surface area contributed by atoms with E-state index >= 15 is 0 Å². The zero-order chi connectivity index (χ0) is 25.1. The number of hydrogen-bond acceptors (Lipinski definition) is 9. The van der Waals surface area contributed by atoms with Crippen LogP contribution in [-0.4, -0.2) is 36.6 Å². The molecule has 0 atom stereocenters. The number of aliphatic hydroxyl groups excluding tert-OH is 1. The highest BCUT2D eigenvalue weighted by atomic mass is 35.5. The van der Waals surface area contributed by atoms with E-state index in [-0.39, 0.29) is 44.0 Å². The number of nitrogen functional groups attached to an aromatic ring is 1. The van der Waals surface area contributed by atoms with Gasteiger partial charge in [-0.15, -0.1) is 0 Å². The molecule has 12 nitrogen and oxygen atoms in total. The third kappa shape index (κ3) is 8.85. The Balaban J connectivity index is 0.000000511. The van der Waals surface area contributed by atoms with Crippen molar-refractivity contribution in [1.29, 1.82) is 0 Å². The highest BCUT2D eigenvalue weighted by Crippen LogP contribution is 2.21. The van der Waals surface area contributed by atoms with Gasteiger partial charge >= 0.3 is 0 Å². The summed E-state index contributed by atoms with van der Waals surface area (Å²) in [5.41, 5.74) is 1.83. The minimum absolute atomic E-state index is 0. The van der Waals surface area contributed by atoms with Gasteiger partial charge in [0.05, 0.1) is 10.8 Å².